The standard InChI is InChI=1S/C20H21F2N3OS/c1-20(2,3)13-8-4-5-9-14(13)23-17(26)12-27-19-24-15-10-6-7-11-16(15)25(19)18(21)22/h4-11,18H,12H2,1-3H3,(H,23,26). The number of anilines is 1. The first-order valence-electron chi connectivity index (χ1n) is 8.54. The van der Waals surface area contributed by atoms with Crippen LogP contribution in [0, 0.1) is 0 Å². The maximum atomic E-state index is 13.5. The predicted molar refractivity (Wildman–Crippen MR) is 105 cm³/mol. The zero-order chi connectivity index (χ0) is 19.6. The molecule has 0 aliphatic heterocycles. The number of alkyl halides is 2. The first-order chi connectivity index (χ1) is 12.8. The molecule has 4 nitrogen and oxygen atoms in total. The number of hydrogen-bond donors (Lipinski definition) is 1. The Morgan fingerprint density at radius 2 is 1.81 bits per heavy atom. The molecule has 7 heteroatoms. The first kappa shape index (κ1) is 19.4. The van der Waals surface area contributed by atoms with E-state index in [2.05, 4.69) is 31.1 Å². The fourth-order valence-electron chi connectivity index (χ4n) is 2.88. The van der Waals surface area contributed by atoms with Gasteiger partial charge >= 0.3 is 6.55 Å². The van der Waals surface area contributed by atoms with Crippen LogP contribution >= 0.6 is 11.8 Å². The number of fused-ring (bicyclic) bond motifs is 1. The number of carbonyl (C=O) groups is 1. The summed E-state index contributed by atoms with van der Waals surface area (Å²) in [6.07, 6.45) is 0. The van der Waals surface area contributed by atoms with E-state index in [1.54, 1.807) is 24.3 Å². The van der Waals surface area contributed by atoms with Gasteiger partial charge in [0, 0.05) is 5.69 Å². The van der Waals surface area contributed by atoms with Crippen molar-refractivity contribution in [3.63, 3.8) is 0 Å². The van der Waals surface area contributed by atoms with Crippen molar-refractivity contribution < 1.29 is 13.6 Å². The molecule has 0 aliphatic rings. The molecule has 3 rings (SSSR count). The first-order valence-corrected chi connectivity index (χ1v) is 9.53. The van der Waals surface area contributed by atoms with E-state index in [1.807, 2.05) is 24.3 Å². The number of para-hydroxylation sites is 3. The number of nitrogens with one attached hydrogen (secondary N) is 1. The number of halogens is 2. The topological polar surface area (TPSA) is 46.9 Å². The normalized spacial score (nSPS) is 11.9. The van der Waals surface area contributed by atoms with Crippen LogP contribution in [-0.2, 0) is 10.2 Å². The highest BCUT2D eigenvalue weighted by Gasteiger charge is 2.21. The highest BCUT2D eigenvalue weighted by molar-refractivity contribution is 7.99. The van der Waals surface area contributed by atoms with Crippen LogP contribution in [0.5, 0.6) is 0 Å². The number of amides is 1. The van der Waals surface area contributed by atoms with Gasteiger partial charge in [-0.15, -0.1) is 0 Å². The molecule has 27 heavy (non-hydrogen) atoms. The molecule has 0 radical (unpaired) electrons. The van der Waals surface area contributed by atoms with Gasteiger partial charge in [-0.1, -0.05) is 62.9 Å². The lowest BCUT2D eigenvalue weighted by Crippen LogP contribution is -2.20. The number of aromatic nitrogens is 2. The van der Waals surface area contributed by atoms with Gasteiger partial charge in [-0.05, 0) is 29.2 Å². The molecule has 0 atom stereocenters. The Hall–Kier alpha value is -2.41. The Morgan fingerprint density at radius 3 is 2.52 bits per heavy atom. The average molecular weight is 389 g/mol. The zero-order valence-corrected chi connectivity index (χ0v) is 16.2. The second kappa shape index (κ2) is 7.68. The fourth-order valence-corrected chi connectivity index (χ4v) is 3.69. The SMILES string of the molecule is CC(C)(C)c1ccccc1NC(=O)CSc1nc2ccccc2n1C(F)F. The summed E-state index contributed by atoms with van der Waals surface area (Å²) in [4.78, 5) is 16.6. The Labute approximate surface area is 161 Å². The Balaban J connectivity index is 1.76. The molecule has 0 bridgehead atoms. The maximum Gasteiger partial charge on any atom is 0.321 e. The van der Waals surface area contributed by atoms with Gasteiger partial charge in [0.2, 0.25) is 5.91 Å². The third-order valence-electron chi connectivity index (χ3n) is 4.10. The molecule has 0 unspecified atom stereocenters. The summed E-state index contributed by atoms with van der Waals surface area (Å²) in [6, 6.07) is 14.3. The molecule has 1 N–H and O–H groups in total. The average Bonchev–Trinajstić information content (AvgIpc) is 2.98. The van der Waals surface area contributed by atoms with E-state index in [4.69, 9.17) is 0 Å². The van der Waals surface area contributed by atoms with Crippen molar-refractivity contribution in [1.82, 2.24) is 9.55 Å². The molecular formula is C20H21F2N3OS. The van der Waals surface area contributed by atoms with Crippen molar-refractivity contribution in [2.24, 2.45) is 0 Å². The van der Waals surface area contributed by atoms with Gasteiger partial charge in [0.05, 0.1) is 16.8 Å². The third kappa shape index (κ3) is 4.30. The van der Waals surface area contributed by atoms with Gasteiger partial charge in [0.25, 0.3) is 0 Å². The number of rotatable bonds is 5. The number of benzene rings is 2. The van der Waals surface area contributed by atoms with E-state index < -0.39 is 6.55 Å². The molecule has 1 heterocycles. The molecule has 1 amide bonds. The lowest BCUT2D eigenvalue weighted by molar-refractivity contribution is -0.113. The zero-order valence-electron chi connectivity index (χ0n) is 15.4. The van der Waals surface area contributed by atoms with Crippen LogP contribution in [0.2, 0.25) is 0 Å². The van der Waals surface area contributed by atoms with E-state index in [-0.39, 0.29) is 22.2 Å². The number of thioether (sulfide) groups is 1. The van der Waals surface area contributed by atoms with Gasteiger partial charge in [0.15, 0.2) is 5.16 Å². The van der Waals surface area contributed by atoms with Crippen LogP contribution in [-0.4, -0.2) is 21.2 Å². The van der Waals surface area contributed by atoms with Gasteiger partial charge in [-0.25, -0.2) is 4.98 Å². The number of hydrogen-bond acceptors (Lipinski definition) is 3. The molecule has 3 aromatic rings. The smallest absolute Gasteiger partial charge is 0.321 e. The quantitative estimate of drug-likeness (QED) is 0.590. The molecule has 0 spiro atoms. The van der Waals surface area contributed by atoms with Gasteiger partial charge in [0.1, 0.15) is 0 Å². The Kier molecular flexibility index (Phi) is 5.51. The molecular weight excluding hydrogens is 368 g/mol. The second-order valence-electron chi connectivity index (χ2n) is 7.16. The molecule has 1 aromatic heterocycles. The maximum absolute atomic E-state index is 13.5. The molecule has 0 fully saturated rings. The third-order valence-corrected chi connectivity index (χ3v) is 5.05. The molecule has 2 aromatic carbocycles. The molecule has 142 valence electrons. The van der Waals surface area contributed by atoms with Crippen molar-refractivity contribution in [1.29, 1.82) is 0 Å². The van der Waals surface area contributed by atoms with Crippen LogP contribution in [0.25, 0.3) is 11.0 Å². The van der Waals surface area contributed by atoms with Crippen molar-refractivity contribution >= 4 is 34.4 Å². The predicted octanol–water partition coefficient (Wildman–Crippen LogP) is 5.46. The van der Waals surface area contributed by atoms with Crippen molar-refractivity contribution in [2.75, 3.05) is 11.1 Å². The lowest BCUT2D eigenvalue weighted by Gasteiger charge is -2.23. The summed E-state index contributed by atoms with van der Waals surface area (Å²) in [7, 11) is 0. The van der Waals surface area contributed by atoms with E-state index >= 15 is 0 Å². The minimum absolute atomic E-state index is 0.00544. The van der Waals surface area contributed by atoms with Crippen molar-refractivity contribution in [2.45, 2.75) is 37.9 Å². The molecule has 0 aliphatic carbocycles. The van der Waals surface area contributed by atoms with Gasteiger partial charge in [-0.2, -0.15) is 8.78 Å². The minimum Gasteiger partial charge on any atom is -0.325 e. The van der Waals surface area contributed by atoms with Crippen LogP contribution in [0.15, 0.2) is 53.7 Å². The highest BCUT2D eigenvalue weighted by atomic mass is 32.2. The van der Waals surface area contributed by atoms with Crippen LogP contribution in [0.4, 0.5) is 14.5 Å². The van der Waals surface area contributed by atoms with Crippen LogP contribution in [0.1, 0.15) is 32.9 Å². The number of carbonyl (C=O) groups excluding carboxylic acids is 1. The lowest BCUT2D eigenvalue weighted by atomic mass is 9.86. The van der Waals surface area contributed by atoms with E-state index in [0.717, 1.165) is 27.6 Å². The summed E-state index contributed by atoms with van der Waals surface area (Å²) in [5, 5.41) is 3.02. The molecule has 0 saturated carbocycles. The summed E-state index contributed by atoms with van der Waals surface area (Å²) < 4.78 is 27.8. The molecule has 0 saturated heterocycles. The monoisotopic (exact) mass is 389 g/mol. The van der Waals surface area contributed by atoms with Gasteiger partial charge < -0.3 is 5.32 Å². The van der Waals surface area contributed by atoms with E-state index in [1.165, 1.54) is 0 Å². The number of imidazole rings is 1. The highest BCUT2D eigenvalue weighted by Crippen LogP contribution is 2.31. The largest absolute Gasteiger partial charge is 0.325 e. The summed E-state index contributed by atoms with van der Waals surface area (Å²) >= 11 is 1.00. The van der Waals surface area contributed by atoms with E-state index in [9.17, 15) is 13.6 Å². The summed E-state index contributed by atoms with van der Waals surface area (Å²) in [6.45, 7) is 3.48. The summed E-state index contributed by atoms with van der Waals surface area (Å²) in [5.74, 6) is -0.265. The minimum atomic E-state index is -2.72. The van der Waals surface area contributed by atoms with Crippen LogP contribution < -0.4 is 5.32 Å². The summed E-state index contributed by atoms with van der Waals surface area (Å²) in [5.41, 5.74) is 2.47. The van der Waals surface area contributed by atoms with E-state index in [0.29, 0.717) is 11.0 Å². The number of nitrogens with zero attached hydrogens (tertiary/aromatic N) is 2. The van der Waals surface area contributed by atoms with Crippen molar-refractivity contribution in [3.05, 3.63) is 54.1 Å². The van der Waals surface area contributed by atoms with Crippen molar-refractivity contribution in [3.8, 4) is 0 Å². The Morgan fingerprint density at radius 1 is 1.15 bits per heavy atom. The fraction of sp³-hybridized carbons (Fsp3) is 0.300. The van der Waals surface area contributed by atoms with Crippen LogP contribution in [0.3, 0.4) is 0 Å². The second-order valence-corrected chi connectivity index (χ2v) is 8.11. The Bertz CT molecular complexity index is 963. The van der Waals surface area contributed by atoms with Gasteiger partial charge in [-0.3, -0.25) is 9.36 Å².